The normalized spacial score (nSPS) is 14.1. The molecular formula is C21H21N3O4S3. The number of aromatic nitrogens is 1. The highest BCUT2D eigenvalue weighted by molar-refractivity contribution is 7.94. The van der Waals surface area contributed by atoms with Crippen LogP contribution in [0.15, 0.2) is 39.9 Å². The zero-order valence-electron chi connectivity index (χ0n) is 17.0. The van der Waals surface area contributed by atoms with Crippen LogP contribution in [0.5, 0.6) is 0 Å². The van der Waals surface area contributed by atoms with Gasteiger partial charge in [0.15, 0.2) is 5.78 Å². The number of benzene rings is 1. The molecular weight excluding hydrogens is 454 g/mol. The lowest BCUT2D eigenvalue weighted by molar-refractivity contribution is 0.0796. The van der Waals surface area contributed by atoms with Crippen molar-refractivity contribution in [3.05, 3.63) is 51.8 Å². The van der Waals surface area contributed by atoms with Crippen LogP contribution in [0, 0.1) is 6.92 Å². The summed E-state index contributed by atoms with van der Waals surface area (Å²) < 4.78 is 28.2. The Kier molecular flexibility index (Phi) is 5.96. The highest BCUT2D eigenvalue weighted by atomic mass is 32.2. The quantitative estimate of drug-likeness (QED) is 0.533. The first-order chi connectivity index (χ1) is 14.7. The zero-order valence-corrected chi connectivity index (χ0v) is 19.5. The Morgan fingerprint density at radius 2 is 1.81 bits per heavy atom. The number of hydrogen-bond acceptors (Lipinski definition) is 7. The van der Waals surface area contributed by atoms with Gasteiger partial charge in [0.05, 0.1) is 5.69 Å². The van der Waals surface area contributed by atoms with Crippen molar-refractivity contribution in [2.24, 2.45) is 0 Å². The highest BCUT2D eigenvalue weighted by Gasteiger charge is 2.25. The molecule has 0 atom stereocenters. The van der Waals surface area contributed by atoms with Gasteiger partial charge < -0.3 is 4.90 Å². The third-order valence-electron chi connectivity index (χ3n) is 5.01. The number of anilines is 1. The van der Waals surface area contributed by atoms with Crippen molar-refractivity contribution < 1.29 is 18.0 Å². The number of amides is 1. The molecule has 1 saturated heterocycles. The van der Waals surface area contributed by atoms with Crippen LogP contribution in [0.2, 0.25) is 0 Å². The zero-order chi connectivity index (χ0) is 22.2. The molecule has 4 rings (SSSR count). The van der Waals surface area contributed by atoms with Crippen LogP contribution in [0.25, 0.3) is 10.6 Å². The Morgan fingerprint density at radius 1 is 1.13 bits per heavy atom. The molecule has 2 aromatic heterocycles. The number of rotatable bonds is 6. The van der Waals surface area contributed by atoms with Gasteiger partial charge in [-0.3, -0.25) is 14.3 Å². The molecule has 3 aromatic rings. The average molecular weight is 476 g/mol. The third kappa shape index (κ3) is 4.56. The number of ketones is 1. The van der Waals surface area contributed by atoms with Gasteiger partial charge in [0.25, 0.3) is 15.9 Å². The fourth-order valence-electron chi connectivity index (χ4n) is 3.33. The molecule has 1 amide bonds. The molecule has 0 bridgehead atoms. The summed E-state index contributed by atoms with van der Waals surface area (Å²) >= 11 is 2.39. The lowest BCUT2D eigenvalue weighted by atomic mass is 10.1. The van der Waals surface area contributed by atoms with E-state index in [-0.39, 0.29) is 15.9 Å². The van der Waals surface area contributed by atoms with Gasteiger partial charge in [-0.05, 0) is 57.0 Å². The predicted molar refractivity (Wildman–Crippen MR) is 123 cm³/mol. The van der Waals surface area contributed by atoms with Crippen LogP contribution in [-0.2, 0) is 10.0 Å². The maximum absolute atomic E-state index is 12.8. The molecule has 0 spiro atoms. The van der Waals surface area contributed by atoms with Gasteiger partial charge in [0.1, 0.15) is 14.1 Å². The second-order valence-electron chi connectivity index (χ2n) is 7.33. The van der Waals surface area contributed by atoms with Crippen molar-refractivity contribution in [1.82, 2.24) is 9.88 Å². The second kappa shape index (κ2) is 8.52. The Morgan fingerprint density at radius 3 is 2.45 bits per heavy atom. The van der Waals surface area contributed by atoms with Crippen molar-refractivity contribution in [2.45, 2.75) is 30.9 Å². The van der Waals surface area contributed by atoms with Gasteiger partial charge in [-0.15, -0.1) is 22.7 Å². The van der Waals surface area contributed by atoms with E-state index in [4.69, 9.17) is 0 Å². The van der Waals surface area contributed by atoms with Gasteiger partial charge in [-0.1, -0.05) is 0 Å². The van der Waals surface area contributed by atoms with Gasteiger partial charge in [-0.25, -0.2) is 13.4 Å². The highest BCUT2D eigenvalue weighted by Crippen LogP contribution is 2.34. The maximum atomic E-state index is 12.8. The Hall–Kier alpha value is -2.56. The number of nitrogens with one attached hydrogen (secondary N) is 1. The number of aryl methyl sites for hydroxylation is 1. The molecule has 31 heavy (non-hydrogen) atoms. The molecule has 10 heteroatoms. The largest absolute Gasteiger partial charge is 0.338 e. The summed E-state index contributed by atoms with van der Waals surface area (Å²) in [5.41, 5.74) is 2.23. The van der Waals surface area contributed by atoms with E-state index in [0.29, 0.717) is 32.4 Å². The van der Waals surface area contributed by atoms with Crippen LogP contribution in [0.3, 0.4) is 0 Å². The fourth-order valence-corrected chi connectivity index (χ4v) is 6.65. The first-order valence-electron chi connectivity index (χ1n) is 9.74. The average Bonchev–Trinajstić information content (AvgIpc) is 3.48. The van der Waals surface area contributed by atoms with Crippen molar-refractivity contribution in [1.29, 1.82) is 0 Å². The molecule has 3 heterocycles. The number of nitrogens with zero attached hydrogens (tertiary/aromatic N) is 2. The van der Waals surface area contributed by atoms with E-state index in [1.165, 1.54) is 18.3 Å². The topological polar surface area (TPSA) is 96.4 Å². The summed E-state index contributed by atoms with van der Waals surface area (Å²) in [4.78, 5) is 31.1. The standard InChI is InChI=1S/C21H21N3O4S3/c1-13-19(21(26)24-9-3-4-10-24)30-20(22-13)16-11-18(29-12-16)31(27,28)23-17-7-5-15(6-8-17)14(2)25/h5-8,11-12,23H,3-4,9-10H2,1-2H3. The minimum Gasteiger partial charge on any atom is -0.338 e. The molecule has 0 unspecified atom stereocenters. The fraction of sp³-hybridized carbons (Fsp3) is 0.286. The third-order valence-corrected chi connectivity index (χ3v) is 9.03. The first-order valence-corrected chi connectivity index (χ1v) is 12.9. The molecule has 0 radical (unpaired) electrons. The summed E-state index contributed by atoms with van der Waals surface area (Å²) in [6.45, 7) is 4.80. The van der Waals surface area contributed by atoms with Crippen molar-refractivity contribution in [3.63, 3.8) is 0 Å². The molecule has 1 aromatic carbocycles. The van der Waals surface area contributed by atoms with Crippen LogP contribution >= 0.6 is 22.7 Å². The van der Waals surface area contributed by atoms with E-state index in [1.807, 2.05) is 4.90 Å². The Labute approximate surface area is 188 Å². The van der Waals surface area contributed by atoms with Gasteiger partial charge in [-0.2, -0.15) is 0 Å². The lowest BCUT2D eigenvalue weighted by Crippen LogP contribution is -2.27. The summed E-state index contributed by atoms with van der Waals surface area (Å²) in [7, 11) is -3.78. The van der Waals surface area contributed by atoms with Crippen LogP contribution < -0.4 is 4.72 Å². The summed E-state index contributed by atoms with van der Waals surface area (Å²) in [5.74, 6) is -0.0869. The SMILES string of the molecule is CC(=O)c1ccc(NS(=O)(=O)c2cc(-c3nc(C)c(C(=O)N4CCCC4)s3)cs2)cc1. The molecule has 7 nitrogen and oxygen atoms in total. The lowest BCUT2D eigenvalue weighted by Gasteiger charge is -2.13. The molecule has 162 valence electrons. The second-order valence-corrected chi connectivity index (χ2v) is 11.1. The number of carbonyl (C=O) groups is 2. The van der Waals surface area contributed by atoms with Crippen LogP contribution in [0.4, 0.5) is 5.69 Å². The van der Waals surface area contributed by atoms with Gasteiger partial charge in [0.2, 0.25) is 0 Å². The summed E-state index contributed by atoms with van der Waals surface area (Å²) in [6, 6.07) is 7.85. The van der Waals surface area contributed by atoms with E-state index in [0.717, 1.165) is 37.3 Å². The number of carbonyl (C=O) groups excluding carboxylic acids is 2. The molecule has 1 N–H and O–H groups in total. The predicted octanol–water partition coefficient (Wildman–Crippen LogP) is 4.42. The van der Waals surface area contributed by atoms with Crippen LogP contribution in [-0.4, -0.2) is 43.1 Å². The van der Waals surface area contributed by atoms with Crippen LogP contribution in [0.1, 0.15) is 45.5 Å². The van der Waals surface area contributed by atoms with Gasteiger partial charge >= 0.3 is 0 Å². The number of hydrogen-bond donors (Lipinski definition) is 1. The summed E-state index contributed by atoms with van der Waals surface area (Å²) in [5, 5.41) is 2.36. The van der Waals surface area contributed by atoms with Gasteiger partial charge in [0, 0.05) is 35.3 Å². The van der Waals surface area contributed by atoms with Crippen molar-refractivity contribution in [3.8, 4) is 10.6 Å². The first kappa shape index (κ1) is 21.7. The molecule has 1 aliphatic heterocycles. The molecule has 0 aliphatic carbocycles. The van der Waals surface area contributed by atoms with Crippen molar-refractivity contribution in [2.75, 3.05) is 17.8 Å². The van der Waals surface area contributed by atoms with E-state index in [9.17, 15) is 18.0 Å². The summed E-state index contributed by atoms with van der Waals surface area (Å²) in [6.07, 6.45) is 2.04. The number of likely N-dealkylation sites (tertiary alicyclic amines) is 1. The number of sulfonamides is 1. The minimum atomic E-state index is -3.78. The Balaban J connectivity index is 1.54. The van der Waals surface area contributed by atoms with E-state index in [1.54, 1.807) is 42.6 Å². The van der Waals surface area contributed by atoms with Crippen molar-refractivity contribution >= 4 is 50.1 Å². The monoisotopic (exact) mass is 475 g/mol. The number of thiazole rings is 1. The molecule has 0 saturated carbocycles. The maximum Gasteiger partial charge on any atom is 0.271 e. The number of Topliss-reactive ketones (excluding diaryl/α,β-unsaturated/α-hetero) is 1. The van der Waals surface area contributed by atoms with E-state index >= 15 is 0 Å². The Bertz CT molecular complexity index is 1240. The van der Waals surface area contributed by atoms with E-state index in [2.05, 4.69) is 9.71 Å². The molecule has 1 aliphatic rings. The smallest absolute Gasteiger partial charge is 0.271 e. The minimum absolute atomic E-state index is 0.00232. The number of thiophene rings is 1. The molecule has 1 fully saturated rings. The van der Waals surface area contributed by atoms with E-state index < -0.39 is 10.0 Å².